The molecule has 0 unspecified atom stereocenters. The Hall–Kier alpha value is -0.620. The van der Waals surface area contributed by atoms with Crippen LogP contribution in [0.15, 0.2) is 0 Å². The van der Waals surface area contributed by atoms with Crippen LogP contribution in [0.5, 0.6) is 0 Å². The Bertz CT molecular complexity index is 515. The van der Waals surface area contributed by atoms with Gasteiger partial charge >= 0.3 is 0 Å². The average molecular weight is 341 g/mol. The van der Waals surface area contributed by atoms with Crippen molar-refractivity contribution in [3.8, 4) is 0 Å². The molecular weight excluding hydrogens is 312 g/mol. The normalized spacial score (nSPS) is 22.7. The highest BCUT2D eigenvalue weighted by atomic mass is 35.5. The second-order valence-corrected chi connectivity index (χ2v) is 7.14. The van der Waals surface area contributed by atoms with Gasteiger partial charge in [0.05, 0.1) is 18.4 Å². The van der Waals surface area contributed by atoms with E-state index in [1.54, 1.807) is 0 Å². The number of aromatic nitrogens is 2. The van der Waals surface area contributed by atoms with Crippen molar-refractivity contribution in [2.45, 2.75) is 64.8 Å². The molecule has 130 valence electrons. The SMILES string of the molecule is CCCCn1nc(C)c(CNC[C@@H]2CN(C3CC3)CCO2)c1Cl. The summed E-state index contributed by atoms with van der Waals surface area (Å²) < 4.78 is 7.82. The summed E-state index contributed by atoms with van der Waals surface area (Å²) in [5.41, 5.74) is 2.15. The first-order chi connectivity index (χ1) is 11.2. The third-order valence-corrected chi connectivity index (χ3v) is 5.24. The minimum Gasteiger partial charge on any atom is -0.374 e. The van der Waals surface area contributed by atoms with E-state index in [2.05, 4.69) is 22.2 Å². The van der Waals surface area contributed by atoms with Crippen LogP contribution < -0.4 is 5.32 Å². The van der Waals surface area contributed by atoms with E-state index in [9.17, 15) is 0 Å². The van der Waals surface area contributed by atoms with Gasteiger partial charge < -0.3 is 10.1 Å². The molecule has 0 spiro atoms. The molecule has 3 rings (SSSR count). The zero-order valence-electron chi connectivity index (χ0n) is 14.4. The van der Waals surface area contributed by atoms with Crippen LogP contribution in [0.1, 0.15) is 43.9 Å². The monoisotopic (exact) mass is 340 g/mol. The van der Waals surface area contributed by atoms with E-state index in [-0.39, 0.29) is 0 Å². The lowest BCUT2D eigenvalue weighted by molar-refractivity contribution is -0.0301. The van der Waals surface area contributed by atoms with Gasteiger partial charge in [0.15, 0.2) is 0 Å². The van der Waals surface area contributed by atoms with Crippen LogP contribution in [0.4, 0.5) is 0 Å². The molecule has 1 aromatic rings. The van der Waals surface area contributed by atoms with Gasteiger partial charge in [0.25, 0.3) is 0 Å². The Labute approximate surface area is 144 Å². The molecule has 0 amide bonds. The van der Waals surface area contributed by atoms with Crippen LogP contribution in [0.2, 0.25) is 5.15 Å². The second kappa shape index (κ2) is 7.97. The van der Waals surface area contributed by atoms with Crippen molar-refractivity contribution in [1.29, 1.82) is 0 Å². The Morgan fingerprint density at radius 1 is 1.39 bits per heavy atom. The van der Waals surface area contributed by atoms with Gasteiger partial charge in [-0.15, -0.1) is 0 Å². The van der Waals surface area contributed by atoms with Crippen molar-refractivity contribution in [1.82, 2.24) is 20.0 Å². The summed E-state index contributed by atoms with van der Waals surface area (Å²) >= 11 is 6.48. The van der Waals surface area contributed by atoms with E-state index in [1.165, 1.54) is 12.8 Å². The molecule has 23 heavy (non-hydrogen) atoms. The number of nitrogens with one attached hydrogen (secondary N) is 1. The maximum Gasteiger partial charge on any atom is 0.131 e. The van der Waals surface area contributed by atoms with Gasteiger partial charge in [0.2, 0.25) is 0 Å². The highest BCUT2D eigenvalue weighted by Gasteiger charge is 2.32. The molecular formula is C17H29ClN4O. The lowest BCUT2D eigenvalue weighted by Crippen LogP contribution is -2.47. The van der Waals surface area contributed by atoms with E-state index in [1.807, 2.05) is 11.6 Å². The molecule has 0 bridgehead atoms. The van der Waals surface area contributed by atoms with E-state index < -0.39 is 0 Å². The molecule has 1 saturated heterocycles. The molecule has 1 aliphatic carbocycles. The van der Waals surface area contributed by atoms with Crippen molar-refractivity contribution >= 4 is 11.6 Å². The predicted molar refractivity (Wildman–Crippen MR) is 92.9 cm³/mol. The fourth-order valence-corrected chi connectivity index (χ4v) is 3.57. The van der Waals surface area contributed by atoms with Crippen molar-refractivity contribution in [2.75, 3.05) is 26.2 Å². The Balaban J connectivity index is 1.47. The van der Waals surface area contributed by atoms with Gasteiger partial charge in [-0.25, -0.2) is 0 Å². The van der Waals surface area contributed by atoms with Crippen LogP contribution >= 0.6 is 11.6 Å². The topological polar surface area (TPSA) is 42.3 Å². The van der Waals surface area contributed by atoms with Crippen LogP contribution in [0.25, 0.3) is 0 Å². The zero-order valence-corrected chi connectivity index (χ0v) is 15.1. The van der Waals surface area contributed by atoms with E-state index in [0.29, 0.717) is 6.10 Å². The zero-order chi connectivity index (χ0) is 16.2. The smallest absolute Gasteiger partial charge is 0.131 e. The number of nitrogens with zero attached hydrogens (tertiary/aromatic N) is 3. The van der Waals surface area contributed by atoms with Gasteiger partial charge in [-0.3, -0.25) is 9.58 Å². The van der Waals surface area contributed by atoms with Crippen molar-refractivity contribution in [3.05, 3.63) is 16.4 Å². The first kappa shape index (κ1) is 17.2. The number of hydrogen-bond donors (Lipinski definition) is 1. The summed E-state index contributed by atoms with van der Waals surface area (Å²) in [6, 6.07) is 0.829. The highest BCUT2D eigenvalue weighted by molar-refractivity contribution is 6.30. The third-order valence-electron chi connectivity index (χ3n) is 4.81. The molecule has 5 nitrogen and oxygen atoms in total. The summed E-state index contributed by atoms with van der Waals surface area (Å²) in [7, 11) is 0. The Morgan fingerprint density at radius 2 is 2.22 bits per heavy atom. The van der Waals surface area contributed by atoms with Crippen molar-refractivity contribution in [3.63, 3.8) is 0 Å². The largest absolute Gasteiger partial charge is 0.374 e. The van der Waals surface area contributed by atoms with E-state index in [0.717, 1.165) is 74.6 Å². The summed E-state index contributed by atoms with van der Waals surface area (Å²) in [6.45, 7) is 9.77. The van der Waals surface area contributed by atoms with Gasteiger partial charge in [-0.1, -0.05) is 24.9 Å². The molecule has 1 aliphatic heterocycles. The lowest BCUT2D eigenvalue weighted by Gasteiger charge is -2.33. The molecule has 1 aromatic heterocycles. The first-order valence-electron chi connectivity index (χ1n) is 8.97. The standard InChI is InChI=1S/C17H29ClN4O/c1-3-4-7-22-17(18)16(13(2)20-22)11-19-10-15-12-21(8-9-23-15)14-5-6-14/h14-15,19H,3-12H2,1-2H3/t15-/m1/s1. The average Bonchev–Trinajstić information content (AvgIpc) is 3.36. The number of unbranched alkanes of at least 4 members (excludes halogenated alkanes) is 1. The van der Waals surface area contributed by atoms with Gasteiger partial charge in [0, 0.05) is 44.3 Å². The maximum atomic E-state index is 6.48. The van der Waals surface area contributed by atoms with Crippen LogP contribution in [-0.4, -0.2) is 53.1 Å². The third kappa shape index (κ3) is 4.47. The van der Waals surface area contributed by atoms with Crippen LogP contribution in [0, 0.1) is 6.92 Å². The molecule has 2 aliphatic rings. The Morgan fingerprint density at radius 3 is 2.96 bits per heavy atom. The number of aryl methyl sites for hydroxylation is 2. The maximum absolute atomic E-state index is 6.48. The van der Waals surface area contributed by atoms with Gasteiger partial charge in [-0.05, 0) is 26.2 Å². The molecule has 2 heterocycles. The predicted octanol–water partition coefficient (Wildman–Crippen LogP) is 2.60. The fraction of sp³-hybridized carbons (Fsp3) is 0.824. The summed E-state index contributed by atoms with van der Waals surface area (Å²) in [5.74, 6) is 0. The van der Waals surface area contributed by atoms with Crippen LogP contribution in [0.3, 0.4) is 0 Å². The summed E-state index contributed by atoms with van der Waals surface area (Å²) in [5, 5.41) is 8.86. The van der Waals surface area contributed by atoms with E-state index in [4.69, 9.17) is 16.3 Å². The molecule has 2 fully saturated rings. The summed E-state index contributed by atoms with van der Waals surface area (Å²) in [6.07, 6.45) is 5.29. The molecule has 1 saturated carbocycles. The fourth-order valence-electron chi connectivity index (χ4n) is 3.24. The summed E-state index contributed by atoms with van der Waals surface area (Å²) in [4.78, 5) is 2.58. The number of morpholine rings is 1. The highest BCUT2D eigenvalue weighted by Crippen LogP contribution is 2.28. The first-order valence-corrected chi connectivity index (χ1v) is 9.35. The molecule has 1 N–H and O–H groups in total. The minimum atomic E-state index is 0.290. The number of halogens is 1. The molecule has 0 aromatic carbocycles. The molecule has 6 heteroatoms. The van der Waals surface area contributed by atoms with Gasteiger partial charge in [-0.2, -0.15) is 5.10 Å². The molecule has 0 radical (unpaired) electrons. The molecule has 1 atom stereocenters. The second-order valence-electron chi connectivity index (χ2n) is 6.78. The van der Waals surface area contributed by atoms with Crippen molar-refractivity contribution in [2.24, 2.45) is 0 Å². The quantitative estimate of drug-likeness (QED) is 0.790. The van der Waals surface area contributed by atoms with Gasteiger partial charge in [0.1, 0.15) is 5.15 Å². The Kier molecular flexibility index (Phi) is 5.96. The van der Waals surface area contributed by atoms with Crippen molar-refractivity contribution < 1.29 is 4.74 Å². The minimum absolute atomic E-state index is 0.290. The van der Waals surface area contributed by atoms with Crippen LogP contribution in [-0.2, 0) is 17.8 Å². The lowest BCUT2D eigenvalue weighted by atomic mass is 10.2. The number of rotatable bonds is 8. The number of ether oxygens (including phenoxy) is 1. The number of hydrogen-bond acceptors (Lipinski definition) is 4. The van der Waals surface area contributed by atoms with E-state index >= 15 is 0 Å².